The van der Waals surface area contributed by atoms with Gasteiger partial charge in [-0.2, -0.15) is 5.10 Å². The molecular weight excluding hydrogens is 370 g/mol. The van der Waals surface area contributed by atoms with Gasteiger partial charge < -0.3 is 10.6 Å². The lowest BCUT2D eigenvalue weighted by atomic mass is 10.2. The van der Waals surface area contributed by atoms with Crippen LogP contribution < -0.4 is 10.6 Å². The van der Waals surface area contributed by atoms with Crippen molar-refractivity contribution in [1.82, 2.24) is 15.2 Å². The van der Waals surface area contributed by atoms with E-state index >= 15 is 0 Å². The third-order valence-corrected chi connectivity index (χ3v) is 5.38. The van der Waals surface area contributed by atoms with Gasteiger partial charge in [-0.05, 0) is 35.7 Å². The normalized spacial score (nSPS) is 10.8. The average molecular weight is 383 g/mol. The number of H-pyrrole nitrogens is 1. The maximum Gasteiger partial charge on any atom is 0.276 e. The molecule has 7 nitrogen and oxygen atoms in total. The molecule has 1 aromatic carbocycles. The first kappa shape index (κ1) is 16.4. The van der Waals surface area contributed by atoms with Gasteiger partial charge in [-0.25, -0.2) is 4.98 Å². The third kappa shape index (κ3) is 3.35. The molecule has 0 aliphatic carbocycles. The molecule has 130 valence electrons. The van der Waals surface area contributed by atoms with Crippen LogP contribution in [0.25, 0.3) is 20.8 Å². The van der Waals surface area contributed by atoms with Crippen LogP contribution in [-0.2, 0) is 4.79 Å². The zero-order valence-corrected chi connectivity index (χ0v) is 15.2. The summed E-state index contributed by atoms with van der Waals surface area (Å²) >= 11 is 2.95. The molecule has 0 aliphatic rings. The number of nitrogens with zero attached hydrogens (tertiary/aromatic N) is 2. The lowest BCUT2D eigenvalue weighted by Crippen LogP contribution is -2.12. The Morgan fingerprint density at radius 2 is 2.04 bits per heavy atom. The van der Waals surface area contributed by atoms with E-state index in [4.69, 9.17) is 0 Å². The third-order valence-electron chi connectivity index (χ3n) is 3.53. The predicted molar refractivity (Wildman–Crippen MR) is 104 cm³/mol. The van der Waals surface area contributed by atoms with Crippen molar-refractivity contribution >= 4 is 55.5 Å². The summed E-state index contributed by atoms with van der Waals surface area (Å²) in [6.07, 6.45) is 0. The molecule has 0 saturated carbocycles. The molecule has 0 radical (unpaired) electrons. The maximum absolute atomic E-state index is 12.4. The van der Waals surface area contributed by atoms with Gasteiger partial charge in [0, 0.05) is 12.6 Å². The van der Waals surface area contributed by atoms with Crippen molar-refractivity contribution in [2.75, 3.05) is 10.6 Å². The van der Waals surface area contributed by atoms with E-state index < -0.39 is 0 Å². The van der Waals surface area contributed by atoms with Crippen molar-refractivity contribution in [2.24, 2.45) is 0 Å². The van der Waals surface area contributed by atoms with Crippen LogP contribution in [0.3, 0.4) is 0 Å². The second kappa shape index (κ2) is 6.70. The van der Waals surface area contributed by atoms with Crippen molar-refractivity contribution in [1.29, 1.82) is 0 Å². The standard InChI is InChI=1S/C17H13N5O2S2/c1-9(23)18-17-20-11-7-10(4-5-15(11)26-17)19-16(24)13-8-12(21-22-13)14-3-2-6-25-14/h2-8H,1H3,(H,19,24)(H,21,22)(H,18,20,23). The molecule has 26 heavy (non-hydrogen) atoms. The summed E-state index contributed by atoms with van der Waals surface area (Å²) in [5.41, 5.74) is 2.44. The number of carbonyl (C=O) groups is 2. The molecule has 4 rings (SSSR count). The van der Waals surface area contributed by atoms with Crippen LogP contribution in [0.2, 0.25) is 0 Å². The average Bonchev–Trinajstić information content (AvgIpc) is 3.33. The zero-order valence-electron chi connectivity index (χ0n) is 13.6. The van der Waals surface area contributed by atoms with Gasteiger partial charge in [0.25, 0.3) is 5.91 Å². The molecule has 0 unspecified atom stereocenters. The van der Waals surface area contributed by atoms with Crippen molar-refractivity contribution in [3.63, 3.8) is 0 Å². The van der Waals surface area contributed by atoms with E-state index in [0.29, 0.717) is 22.0 Å². The van der Waals surface area contributed by atoms with Crippen molar-refractivity contribution in [2.45, 2.75) is 6.92 Å². The van der Waals surface area contributed by atoms with Gasteiger partial charge in [0.05, 0.1) is 20.8 Å². The monoisotopic (exact) mass is 383 g/mol. The predicted octanol–water partition coefficient (Wildman–Crippen LogP) is 3.96. The second-order valence-corrected chi connectivity index (χ2v) is 7.46. The van der Waals surface area contributed by atoms with Gasteiger partial charge in [-0.1, -0.05) is 17.4 Å². The molecule has 2 amide bonds. The minimum Gasteiger partial charge on any atom is -0.321 e. The highest BCUT2D eigenvalue weighted by molar-refractivity contribution is 7.22. The number of rotatable bonds is 4. The summed E-state index contributed by atoms with van der Waals surface area (Å²) in [5, 5.41) is 14.9. The van der Waals surface area contributed by atoms with E-state index in [1.807, 2.05) is 23.6 Å². The van der Waals surface area contributed by atoms with Gasteiger partial charge in [-0.3, -0.25) is 14.7 Å². The molecule has 0 atom stereocenters. The number of amides is 2. The van der Waals surface area contributed by atoms with Gasteiger partial charge in [-0.15, -0.1) is 11.3 Å². The second-order valence-electron chi connectivity index (χ2n) is 5.48. The molecule has 9 heteroatoms. The Labute approximate surface area is 156 Å². The smallest absolute Gasteiger partial charge is 0.276 e. The summed E-state index contributed by atoms with van der Waals surface area (Å²) in [6, 6.07) is 11.0. The number of thiophene rings is 1. The van der Waals surface area contributed by atoms with Crippen molar-refractivity contribution in [3.05, 3.63) is 47.5 Å². The molecule has 4 aromatic rings. The van der Waals surface area contributed by atoms with E-state index in [1.165, 1.54) is 18.3 Å². The molecule has 3 heterocycles. The number of thiazole rings is 1. The van der Waals surface area contributed by atoms with E-state index in [1.54, 1.807) is 29.5 Å². The Bertz CT molecular complexity index is 1100. The molecule has 0 spiro atoms. The minimum atomic E-state index is -0.305. The Morgan fingerprint density at radius 3 is 2.81 bits per heavy atom. The van der Waals surface area contributed by atoms with Crippen molar-refractivity contribution < 1.29 is 9.59 Å². The van der Waals surface area contributed by atoms with Gasteiger partial charge in [0.2, 0.25) is 5.91 Å². The SMILES string of the molecule is CC(=O)Nc1nc2cc(NC(=O)c3cc(-c4cccs4)[nH]n3)ccc2s1. The first-order valence-electron chi connectivity index (χ1n) is 7.67. The Morgan fingerprint density at radius 1 is 1.15 bits per heavy atom. The van der Waals surface area contributed by atoms with E-state index in [-0.39, 0.29) is 11.8 Å². The number of carbonyl (C=O) groups excluding carboxylic acids is 2. The van der Waals surface area contributed by atoms with Crippen LogP contribution in [0.15, 0.2) is 41.8 Å². The number of aromatic amines is 1. The number of fused-ring (bicyclic) bond motifs is 1. The summed E-state index contributed by atoms with van der Waals surface area (Å²) in [5.74, 6) is -0.474. The number of anilines is 2. The fourth-order valence-electron chi connectivity index (χ4n) is 2.40. The topological polar surface area (TPSA) is 99.8 Å². The molecule has 0 saturated heterocycles. The highest BCUT2D eigenvalue weighted by Crippen LogP contribution is 2.28. The molecule has 0 fully saturated rings. The molecular formula is C17H13N5O2S2. The number of aromatic nitrogens is 3. The van der Waals surface area contributed by atoms with Crippen LogP contribution >= 0.6 is 22.7 Å². The number of nitrogens with one attached hydrogen (secondary N) is 3. The van der Waals surface area contributed by atoms with Crippen LogP contribution in [0, 0.1) is 0 Å². The van der Waals surface area contributed by atoms with E-state index in [9.17, 15) is 9.59 Å². The summed E-state index contributed by atoms with van der Waals surface area (Å²) < 4.78 is 0.923. The summed E-state index contributed by atoms with van der Waals surface area (Å²) in [6.45, 7) is 1.44. The van der Waals surface area contributed by atoms with E-state index in [2.05, 4.69) is 25.8 Å². The van der Waals surface area contributed by atoms with Gasteiger partial charge >= 0.3 is 0 Å². The Kier molecular flexibility index (Phi) is 4.23. The van der Waals surface area contributed by atoms with Gasteiger partial charge in [0.15, 0.2) is 10.8 Å². The van der Waals surface area contributed by atoms with Crippen LogP contribution in [0.5, 0.6) is 0 Å². The number of hydrogen-bond acceptors (Lipinski definition) is 6. The van der Waals surface area contributed by atoms with Crippen LogP contribution in [0.4, 0.5) is 10.8 Å². The lowest BCUT2D eigenvalue weighted by Gasteiger charge is -2.02. The van der Waals surface area contributed by atoms with Crippen LogP contribution in [0.1, 0.15) is 17.4 Å². The molecule has 3 aromatic heterocycles. The highest BCUT2D eigenvalue weighted by Gasteiger charge is 2.13. The largest absolute Gasteiger partial charge is 0.321 e. The number of benzene rings is 1. The lowest BCUT2D eigenvalue weighted by molar-refractivity contribution is -0.114. The maximum atomic E-state index is 12.4. The molecule has 0 bridgehead atoms. The first-order valence-corrected chi connectivity index (χ1v) is 9.37. The fourth-order valence-corrected chi connectivity index (χ4v) is 3.99. The summed E-state index contributed by atoms with van der Waals surface area (Å²) in [7, 11) is 0. The van der Waals surface area contributed by atoms with Crippen molar-refractivity contribution in [3.8, 4) is 10.6 Å². The quantitative estimate of drug-likeness (QED) is 0.497. The zero-order chi connectivity index (χ0) is 18.1. The van der Waals surface area contributed by atoms with Crippen LogP contribution in [-0.4, -0.2) is 27.0 Å². The molecule has 3 N–H and O–H groups in total. The summed E-state index contributed by atoms with van der Waals surface area (Å²) in [4.78, 5) is 28.9. The fraction of sp³-hybridized carbons (Fsp3) is 0.0588. The van der Waals surface area contributed by atoms with E-state index in [0.717, 1.165) is 15.3 Å². The highest BCUT2D eigenvalue weighted by atomic mass is 32.1. The Balaban J connectivity index is 1.53. The minimum absolute atomic E-state index is 0.169. The number of hydrogen-bond donors (Lipinski definition) is 3. The Hall–Kier alpha value is -3.04. The first-order chi connectivity index (χ1) is 12.6. The molecule has 0 aliphatic heterocycles. The van der Waals surface area contributed by atoms with Gasteiger partial charge in [0.1, 0.15) is 0 Å².